The molecule has 6 N–H and O–H groups in total. The number of hydrogen-bond acceptors (Lipinski definition) is 14. The first-order valence-corrected chi connectivity index (χ1v) is 21.4. The highest BCUT2D eigenvalue weighted by Gasteiger charge is 2.34. The normalized spacial score (nSPS) is 19.2. The summed E-state index contributed by atoms with van der Waals surface area (Å²) in [5.41, 5.74) is 4.79. The van der Waals surface area contributed by atoms with Gasteiger partial charge in [0.1, 0.15) is 25.3 Å². The monoisotopic (exact) mass is 872 g/mol. The minimum Gasteiger partial charge on any atom is -0.394 e. The van der Waals surface area contributed by atoms with E-state index in [1.165, 1.54) is 0 Å². The molecule has 0 spiro atoms. The van der Waals surface area contributed by atoms with Crippen molar-refractivity contribution < 1.29 is 57.8 Å². The second kappa shape index (κ2) is 26.3. The van der Waals surface area contributed by atoms with Gasteiger partial charge < -0.3 is 69.7 Å². The van der Waals surface area contributed by atoms with Gasteiger partial charge in [-0.3, -0.25) is 19.2 Å². The Morgan fingerprint density at radius 2 is 0.919 bits per heavy atom. The fraction of sp³-hybridized carbons (Fsp3) is 0.636. The molecule has 0 radical (unpaired) electrons. The number of carbonyl (C=O) groups is 4. The fourth-order valence-electron chi connectivity index (χ4n) is 7.64. The molecular weight excluding hydrogens is 805 g/mol. The second-order valence-corrected chi connectivity index (χ2v) is 16.1. The number of rotatable bonds is 25. The van der Waals surface area contributed by atoms with Crippen LogP contribution < -0.4 is 31.1 Å². The molecule has 2 aromatic rings. The molecule has 18 heteroatoms. The van der Waals surface area contributed by atoms with E-state index in [1.54, 1.807) is 12.1 Å². The summed E-state index contributed by atoms with van der Waals surface area (Å²) in [6.07, 6.45) is 0.854. The number of likely N-dealkylation sites (N-methyl/N-ethyl adjacent to an activating group) is 2. The molecule has 2 aliphatic rings. The van der Waals surface area contributed by atoms with Crippen molar-refractivity contribution in [2.75, 3.05) is 127 Å². The second-order valence-electron chi connectivity index (χ2n) is 16.1. The molecule has 0 bridgehead atoms. The van der Waals surface area contributed by atoms with Crippen molar-refractivity contribution in [2.24, 2.45) is 11.8 Å². The Morgan fingerprint density at radius 1 is 0.597 bits per heavy atom. The number of amides is 4. The van der Waals surface area contributed by atoms with Crippen molar-refractivity contribution in [1.29, 1.82) is 0 Å². The van der Waals surface area contributed by atoms with E-state index in [2.05, 4.69) is 21.3 Å². The van der Waals surface area contributed by atoms with Crippen LogP contribution in [0, 0.1) is 11.8 Å². The predicted octanol–water partition coefficient (Wildman–Crippen LogP) is 1.35. The van der Waals surface area contributed by atoms with Crippen molar-refractivity contribution in [2.45, 2.75) is 64.7 Å². The molecule has 62 heavy (non-hydrogen) atoms. The Kier molecular flexibility index (Phi) is 21.3. The number of carbonyl (C=O) groups excluding carboxylic acids is 4. The Morgan fingerprint density at radius 3 is 1.23 bits per heavy atom. The highest BCUT2D eigenvalue weighted by atomic mass is 16.6. The van der Waals surface area contributed by atoms with Gasteiger partial charge in [0.05, 0.1) is 91.4 Å². The van der Waals surface area contributed by atoms with Crippen LogP contribution in [-0.2, 0) is 60.4 Å². The first-order chi connectivity index (χ1) is 29.8. The zero-order chi connectivity index (χ0) is 45.0. The summed E-state index contributed by atoms with van der Waals surface area (Å²) < 4.78 is 33.0. The van der Waals surface area contributed by atoms with Gasteiger partial charge in [-0.1, -0.05) is 27.7 Å². The minimum absolute atomic E-state index is 0.0522. The lowest BCUT2D eigenvalue weighted by Crippen LogP contribution is -2.54. The van der Waals surface area contributed by atoms with E-state index < -0.39 is 24.2 Å². The lowest BCUT2D eigenvalue weighted by atomic mass is 9.95. The average molecular weight is 873 g/mol. The number of benzene rings is 2. The summed E-state index contributed by atoms with van der Waals surface area (Å²) >= 11 is 0. The van der Waals surface area contributed by atoms with Crippen LogP contribution in [0.3, 0.4) is 0 Å². The number of anilines is 4. The van der Waals surface area contributed by atoms with Crippen molar-refractivity contribution >= 4 is 46.4 Å². The zero-order valence-electron chi connectivity index (χ0n) is 37.1. The molecule has 18 nitrogen and oxygen atoms in total. The van der Waals surface area contributed by atoms with Crippen LogP contribution in [0.15, 0.2) is 36.4 Å². The van der Waals surface area contributed by atoms with E-state index in [9.17, 15) is 29.4 Å². The van der Waals surface area contributed by atoms with Gasteiger partial charge in [0.2, 0.25) is 23.6 Å². The Bertz CT molecular complexity index is 1610. The molecule has 4 rings (SSSR count). The number of fused-ring (bicyclic) bond motifs is 2. The van der Waals surface area contributed by atoms with E-state index in [0.29, 0.717) is 77.1 Å². The summed E-state index contributed by atoms with van der Waals surface area (Å²) in [6, 6.07) is 9.47. The Hall–Kier alpha value is -4.40. The van der Waals surface area contributed by atoms with Gasteiger partial charge >= 0.3 is 0 Å². The quantitative estimate of drug-likeness (QED) is 0.0777. The molecule has 0 aromatic heterocycles. The van der Waals surface area contributed by atoms with Crippen LogP contribution in [0.5, 0.6) is 0 Å². The summed E-state index contributed by atoms with van der Waals surface area (Å²) in [4.78, 5) is 54.6. The van der Waals surface area contributed by atoms with Crippen LogP contribution in [0.1, 0.15) is 38.8 Å². The third-order valence-electron chi connectivity index (χ3n) is 10.5. The van der Waals surface area contributed by atoms with E-state index in [1.807, 2.05) is 75.9 Å². The molecule has 0 fully saturated rings. The number of ether oxygens (including phenoxy) is 6. The topological polar surface area (TPSA) is 219 Å². The summed E-state index contributed by atoms with van der Waals surface area (Å²) in [6.45, 7) is 10.6. The molecule has 4 atom stereocenters. The van der Waals surface area contributed by atoms with Crippen molar-refractivity contribution in [1.82, 2.24) is 10.6 Å². The van der Waals surface area contributed by atoms with Gasteiger partial charge in [-0.05, 0) is 72.2 Å². The van der Waals surface area contributed by atoms with E-state index in [0.717, 1.165) is 22.5 Å². The van der Waals surface area contributed by atoms with Crippen molar-refractivity contribution in [3.63, 3.8) is 0 Å². The molecule has 2 heterocycles. The molecule has 0 saturated carbocycles. The van der Waals surface area contributed by atoms with E-state index in [-0.39, 0.29) is 75.1 Å². The molecule has 2 aliphatic heterocycles. The highest BCUT2D eigenvalue weighted by Crippen LogP contribution is 2.31. The standard InChI is InChI=1S/C44H68N6O12/c1-29(2)41-43(55)47-35(25-51)23-31-21-33(7-9-37(31)49(41)5)45-39(53)27-61-19-17-59-15-13-57-11-12-58-14-16-60-18-20-62-28-40(54)46-34-8-10-38-32(22-34)24-36(26-52)48-44(56)42(30(3)4)50(38)6/h7-10,21-22,29-30,35-36,41-42,51-52H,11-20,23-28H2,1-6H3,(H,45,53)(H,46,54)(H,47,55)(H,48,56)/t35-,36-,41-,42-/m0/s1. The minimum atomic E-state index is -0.423. The first-order valence-electron chi connectivity index (χ1n) is 21.4. The number of nitrogens with zero attached hydrogens (tertiary/aromatic N) is 2. The molecule has 0 saturated heterocycles. The van der Waals surface area contributed by atoms with Gasteiger partial charge in [0.15, 0.2) is 0 Å². The fourth-order valence-corrected chi connectivity index (χ4v) is 7.64. The molecular formula is C44H68N6O12. The van der Waals surface area contributed by atoms with E-state index >= 15 is 0 Å². The van der Waals surface area contributed by atoms with Gasteiger partial charge in [-0.2, -0.15) is 0 Å². The van der Waals surface area contributed by atoms with Crippen molar-refractivity contribution in [3.05, 3.63) is 47.5 Å². The molecule has 2 aromatic carbocycles. The Labute approximate surface area is 365 Å². The molecule has 4 amide bonds. The predicted molar refractivity (Wildman–Crippen MR) is 235 cm³/mol. The number of hydrogen-bond donors (Lipinski definition) is 6. The van der Waals surface area contributed by atoms with Crippen LogP contribution in [-0.4, -0.2) is 165 Å². The van der Waals surface area contributed by atoms with E-state index in [4.69, 9.17) is 28.4 Å². The summed E-state index contributed by atoms with van der Waals surface area (Å²) in [5.74, 6) is -0.744. The number of aliphatic hydroxyl groups excluding tert-OH is 2. The summed E-state index contributed by atoms with van der Waals surface area (Å²) in [7, 11) is 3.76. The van der Waals surface area contributed by atoms with Crippen LogP contribution in [0.25, 0.3) is 0 Å². The lowest BCUT2D eigenvalue weighted by molar-refractivity contribution is -0.125. The van der Waals surface area contributed by atoms with Crippen LogP contribution in [0.4, 0.5) is 22.7 Å². The SMILES string of the molecule is CC(C)[C@H]1C(=O)N[C@H](CO)Cc2cc(NC(=O)COCCOCCOCCOCCOCCOCC(=O)Nc3ccc4c(c3)C[C@@H](CO)NC(=O)[C@H](C(C)C)N4C)ccc2N1C. The maximum atomic E-state index is 12.8. The number of nitrogens with one attached hydrogen (secondary N) is 4. The average Bonchev–Trinajstić information content (AvgIpc) is 3.21. The Balaban J connectivity index is 0.972. The smallest absolute Gasteiger partial charge is 0.250 e. The van der Waals surface area contributed by atoms with Gasteiger partial charge in [-0.15, -0.1) is 0 Å². The lowest BCUT2D eigenvalue weighted by Gasteiger charge is -2.37. The highest BCUT2D eigenvalue weighted by molar-refractivity contribution is 5.93. The summed E-state index contributed by atoms with van der Waals surface area (Å²) in [5, 5.41) is 31.3. The van der Waals surface area contributed by atoms with Crippen LogP contribution in [0.2, 0.25) is 0 Å². The van der Waals surface area contributed by atoms with Gasteiger partial charge in [-0.25, -0.2) is 0 Å². The van der Waals surface area contributed by atoms with Crippen LogP contribution >= 0.6 is 0 Å². The number of aliphatic hydroxyl groups is 2. The third-order valence-corrected chi connectivity index (χ3v) is 10.5. The molecule has 0 aliphatic carbocycles. The zero-order valence-corrected chi connectivity index (χ0v) is 37.1. The first kappa shape index (κ1) is 50.2. The van der Waals surface area contributed by atoms with Gasteiger partial charge in [0.25, 0.3) is 0 Å². The van der Waals surface area contributed by atoms with Gasteiger partial charge in [0, 0.05) is 36.8 Å². The maximum absolute atomic E-state index is 12.8. The largest absolute Gasteiger partial charge is 0.394 e. The molecule has 346 valence electrons. The van der Waals surface area contributed by atoms with Crippen molar-refractivity contribution in [3.8, 4) is 0 Å². The maximum Gasteiger partial charge on any atom is 0.250 e. The molecule has 0 unspecified atom stereocenters. The third kappa shape index (κ3) is 15.7.